The molecule has 1 aliphatic rings. The molecule has 31 heavy (non-hydrogen) atoms. The molecular weight excluding hydrogens is 425 g/mol. The number of amides is 2. The molecule has 0 bridgehead atoms. The molecule has 3 aromatic rings. The molecule has 2 amide bonds. The van der Waals surface area contributed by atoms with Crippen LogP contribution < -0.4 is 10.2 Å². The topological polar surface area (TPSA) is 49.4 Å². The average Bonchev–Trinajstić information content (AvgIpc) is 3.30. The number of alkyl halides is 3. The number of halogens is 3. The van der Waals surface area contributed by atoms with E-state index < -0.39 is 23.6 Å². The molecule has 0 aliphatic carbocycles. The second-order valence-corrected chi connectivity index (χ2v) is 8.11. The fraction of sp³-hybridized carbons (Fsp3) is 0.130. The molecule has 0 saturated heterocycles. The number of nitrogens with one attached hydrogen (secondary N) is 1. The van der Waals surface area contributed by atoms with Crippen molar-refractivity contribution >= 4 is 40.1 Å². The first kappa shape index (κ1) is 20.9. The summed E-state index contributed by atoms with van der Waals surface area (Å²) in [7, 11) is 0. The summed E-state index contributed by atoms with van der Waals surface area (Å²) in [6.07, 6.45) is -4.51. The second-order valence-electron chi connectivity index (χ2n) is 7.16. The number of nitrogens with zero attached hydrogens (tertiary/aromatic N) is 1. The lowest BCUT2D eigenvalue weighted by molar-refractivity contribution is -0.137. The van der Waals surface area contributed by atoms with Gasteiger partial charge in [0, 0.05) is 10.6 Å². The van der Waals surface area contributed by atoms with Gasteiger partial charge in [-0.2, -0.15) is 13.2 Å². The number of rotatable bonds is 4. The van der Waals surface area contributed by atoms with Crippen molar-refractivity contribution in [2.24, 2.45) is 0 Å². The number of hydrogen-bond acceptors (Lipinski definition) is 4. The van der Waals surface area contributed by atoms with Gasteiger partial charge in [-0.25, -0.2) is 4.90 Å². The number of hydrogen-bond donors (Lipinski definition) is 1. The summed E-state index contributed by atoms with van der Waals surface area (Å²) in [6.45, 7) is 3.83. The lowest BCUT2D eigenvalue weighted by atomic mass is 10.1. The van der Waals surface area contributed by atoms with Crippen LogP contribution in [0.1, 0.15) is 21.6 Å². The van der Waals surface area contributed by atoms with Crippen LogP contribution in [0, 0.1) is 13.8 Å². The molecule has 0 radical (unpaired) electrons. The Morgan fingerprint density at radius 2 is 1.65 bits per heavy atom. The zero-order chi connectivity index (χ0) is 22.3. The number of carbonyl (C=O) groups excluding carboxylic acids is 2. The van der Waals surface area contributed by atoms with Gasteiger partial charge < -0.3 is 5.32 Å². The van der Waals surface area contributed by atoms with Crippen molar-refractivity contribution in [3.8, 4) is 0 Å². The highest BCUT2D eigenvalue weighted by Crippen LogP contribution is 2.37. The quantitative estimate of drug-likeness (QED) is 0.521. The number of carbonyl (C=O) groups is 2. The molecule has 8 heteroatoms. The average molecular weight is 442 g/mol. The number of imide groups is 1. The van der Waals surface area contributed by atoms with E-state index >= 15 is 0 Å². The smallest absolute Gasteiger partial charge is 0.350 e. The van der Waals surface area contributed by atoms with E-state index in [1.165, 1.54) is 11.3 Å². The Labute approximate surface area is 180 Å². The maximum Gasteiger partial charge on any atom is 0.416 e. The second kappa shape index (κ2) is 7.70. The standard InChI is InChI=1S/C23H17F3N2O2S/c1-13-5-10-17(14(2)12-13)27-20-19(18-4-3-11-31-18)21(29)28(22(20)30)16-8-6-15(7-9-16)23(24,25)26/h3-12,27H,1-2H3. The maximum atomic E-state index is 13.3. The minimum Gasteiger partial charge on any atom is -0.350 e. The maximum absolute atomic E-state index is 13.3. The number of aryl methyl sites for hydroxylation is 2. The van der Waals surface area contributed by atoms with Gasteiger partial charge in [-0.15, -0.1) is 11.3 Å². The van der Waals surface area contributed by atoms with E-state index in [-0.39, 0.29) is 17.0 Å². The summed E-state index contributed by atoms with van der Waals surface area (Å²) in [6, 6.07) is 13.1. The molecule has 1 N–H and O–H groups in total. The zero-order valence-electron chi connectivity index (χ0n) is 16.6. The van der Waals surface area contributed by atoms with Gasteiger partial charge in [0.15, 0.2) is 0 Å². The zero-order valence-corrected chi connectivity index (χ0v) is 17.4. The SMILES string of the molecule is Cc1ccc(NC2=C(c3cccs3)C(=O)N(c3ccc(C(F)(F)F)cc3)C2=O)c(C)c1. The van der Waals surface area contributed by atoms with Crippen LogP contribution >= 0.6 is 11.3 Å². The monoisotopic (exact) mass is 442 g/mol. The normalized spacial score (nSPS) is 14.5. The van der Waals surface area contributed by atoms with Gasteiger partial charge in [0.2, 0.25) is 0 Å². The van der Waals surface area contributed by atoms with E-state index in [2.05, 4.69) is 5.32 Å². The van der Waals surface area contributed by atoms with Crippen molar-refractivity contribution < 1.29 is 22.8 Å². The van der Waals surface area contributed by atoms with E-state index in [1.807, 2.05) is 32.0 Å². The van der Waals surface area contributed by atoms with Gasteiger partial charge in [0.25, 0.3) is 11.8 Å². The first-order chi connectivity index (χ1) is 14.7. The molecule has 1 aliphatic heterocycles. The highest BCUT2D eigenvalue weighted by molar-refractivity contribution is 7.11. The Morgan fingerprint density at radius 3 is 2.23 bits per heavy atom. The van der Waals surface area contributed by atoms with Gasteiger partial charge >= 0.3 is 6.18 Å². The lowest BCUT2D eigenvalue weighted by Gasteiger charge is -2.17. The van der Waals surface area contributed by atoms with Crippen LogP contribution in [-0.4, -0.2) is 11.8 Å². The highest BCUT2D eigenvalue weighted by Gasteiger charge is 2.41. The molecule has 2 heterocycles. The van der Waals surface area contributed by atoms with Crippen LogP contribution in [0.3, 0.4) is 0 Å². The van der Waals surface area contributed by atoms with Crippen LogP contribution in [0.2, 0.25) is 0 Å². The Bertz CT molecular complexity index is 1200. The molecule has 2 aromatic carbocycles. The summed E-state index contributed by atoms with van der Waals surface area (Å²) >= 11 is 1.30. The van der Waals surface area contributed by atoms with Crippen LogP contribution in [0.25, 0.3) is 5.57 Å². The van der Waals surface area contributed by atoms with Gasteiger partial charge in [0.1, 0.15) is 5.70 Å². The van der Waals surface area contributed by atoms with E-state index in [1.54, 1.807) is 17.5 Å². The molecule has 1 aromatic heterocycles. The van der Waals surface area contributed by atoms with Crippen LogP contribution in [0.5, 0.6) is 0 Å². The Balaban J connectivity index is 1.76. The molecule has 0 fully saturated rings. The number of thiophene rings is 1. The minimum absolute atomic E-state index is 0.0782. The first-order valence-corrected chi connectivity index (χ1v) is 10.2. The molecule has 0 saturated carbocycles. The Morgan fingerprint density at radius 1 is 0.935 bits per heavy atom. The third-order valence-electron chi connectivity index (χ3n) is 4.95. The van der Waals surface area contributed by atoms with Gasteiger partial charge in [-0.1, -0.05) is 23.8 Å². The van der Waals surface area contributed by atoms with Crippen LogP contribution in [0.15, 0.2) is 65.7 Å². The van der Waals surface area contributed by atoms with E-state index in [9.17, 15) is 22.8 Å². The number of anilines is 2. The summed E-state index contributed by atoms with van der Waals surface area (Å²) < 4.78 is 38.7. The predicted octanol–water partition coefficient (Wildman–Crippen LogP) is 5.78. The molecule has 158 valence electrons. The van der Waals surface area contributed by atoms with Crippen LogP contribution in [0.4, 0.5) is 24.5 Å². The summed E-state index contributed by atoms with van der Waals surface area (Å²) in [5, 5.41) is 4.87. The number of benzene rings is 2. The lowest BCUT2D eigenvalue weighted by Crippen LogP contribution is -2.32. The third kappa shape index (κ3) is 3.86. The first-order valence-electron chi connectivity index (χ1n) is 9.35. The van der Waals surface area contributed by atoms with Crippen molar-refractivity contribution in [1.82, 2.24) is 0 Å². The van der Waals surface area contributed by atoms with Gasteiger partial charge in [-0.05, 0) is 61.2 Å². The van der Waals surface area contributed by atoms with Crippen molar-refractivity contribution in [1.29, 1.82) is 0 Å². The molecule has 0 unspecified atom stereocenters. The molecule has 4 nitrogen and oxygen atoms in total. The van der Waals surface area contributed by atoms with Crippen molar-refractivity contribution in [2.45, 2.75) is 20.0 Å². The highest BCUT2D eigenvalue weighted by atomic mass is 32.1. The van der Waals surface area contributed by atoms with E-state index in [0.29, 0.717) is 10.6 Å². The molecule has 0 spiro atoms. The minimum atomic E-state index is -4.51. The Hall–Kier alpha value is -3.39. The largest absolute Gasteiger partial charge is 0.416 e. The van der Waals surface area contributed by atoms with Crippen molar-refractivity contribution in [2.75, 3.05) is 10.2 Å². The predicted molar refractivity (Wildman–Crippen MR) is 115 cm³/mol. The summed E-state index contributed by atoms with van der Waals surface area (Å²) in [5.74, 6) is -1.20. The third-order valence-corrected chi connectivity index (χ3v) is 5.83. The Kier molecular flexibility index (Phi) is 5.18. The van der Waals surface area contributed by atoms with Gasteiger partial charge in [-0.3, -0.25) is 9.59 Å². The van der Waals surface area contributed by atoms with Crippen molar-refractivity contribution in [3.63, 3.8) is 0 Å². The summed E-state index contributed by atoms with van der Waals surface area (Å²) in [5.41, 5.74) is 2.14. The molecule has 0 atom stereocenters. The fourth-order valence-electron chi connectivity index (χ4n) is 3.42. The van der Waals surface area contributed by atoms with E-state index in [4.69, 9.17) is 0 Å². The van der Waals surface area contributed by atoms with Crippen LogP contribution in [-0.2, 0) is 15.8 Å². The fourth-order valence-corrected chi connectivity index (χ4v) is 4.19. The van der Waals surface area contributed by atoms with Gasteiger partial charge in [0.05, 0.1) is 16.8 Å². The molecule has 4 rings (SSSR count). The van der Waals surface area contributed by atoms with E-state index in [0.717, 1.165) is 40.3 Å². The molecular formula is C23H17F3N2O2S. The van der Waals surface area contributed by atoms with Crippen molar-refractivity contribution in [3.05, 3.63) is 87.2 Å². The summed E-state index contributed by atoms with van der Waals surface area (Å²) in [4.78, 5) is 28.0.